The third-order valence-electron chi connectivity index (χ3n) is 2.10. The Hall–Kier alpha value is -1.36. The summed E-state index contributed by atoms with van der Waals surface area (Å²) in [4.78, 5) is 15.4. The van der Waals surface area contributed by atoms with Crippen LogP contribution in [-0.2, 0) is 16.0 Å². The number of ether oxygens (including phenoxy) is 2. The molecular weight excluding hydrogens is 196 g/mol. The molecule has 1 aromatic heterocycles. The van der Waals surface area contributed by atoms with E-state index in [1.54, 1.807) is 20.4 Å². The van der Waals surface area contributed by atoms with E-state index in [0.717, 1.165) is 5.69 Å². The molecule has 0 saturated carbocycles. The minimum Gasteiger partial charge on any atom is -0.461 e. The van der Waals surface area contributed by atoms with Crippen molar-refractivity contribution in [3.05, 3.63) is 17.7 Å². The molecule has 15 heavy (non-hydrogen) atoms. The standard InChI is InChI=1S/C10H16N2O3/c1-4-15-10(13)9-8(2)12(7-11-9)5-6-14-3/h7H,4-6H2,1-3H3. The second kappa shape index (κ2) is 5.50. The minimum atomic E-state index is -0.369. The molecule has 5 nitrogen and oxygen atoms in total. The molecule has 0 aliphatic heterocycles. The van der Waals surface area contributed by atoms with E-state index in [-0.39, 0.29) is 5.97 Å². The molecule has 0 aromatic carbocycles. The molecule has 0 saturated heterocycles. The summed E-state index contributed by atoms with van der Waals surface area (Å²) >= 11 is 0. The topological polar surface area (TPSA) is 53.3 Å². The molecule has 84 valence electrons. The molecule has 0 N–H and O–H groups in total. The Kier molecular flexibility index (Phi) is 4.30. The normalized spacial score (nSPS) is 10.3. The first-order valence-electron chi connectivity index (χ1n) is 4.88. The Labute approximate surface area is 89.0 Å². The molecule has 0 spiro atoms. The summed E-state index contributed by atoms with van der Waals surface area (Å²) in [7, 11) is 1.64. The maximum Gasteiger partial charge on any atom is 0.358 e. The zero-order valence-corrected chi connectivity index (χ0v) is 9.32. The fourth-order valence-electron chi connectivity index (χ4n) is 1.26. The molecule has 1 heterocycles. The Morgan fingerprint density at radius 2 is 2.33 bits per heavy atom. The van der Waals surface area contributed by atoms with Crippen LogP contribution in [0.1, 0.15) is 23.1 Å². The Bertz CT molecular complexity index is 333. The van der Waals surface area contributed by atoms with Crippen LogP contribution in [0.25, 0.3) is 0 Å². The first-order valence-corrected chi connectivity index (χ1v) is 4.88. The molecule has 0 bridgehead atoms. The predicted molar refractivity (Wildman–Crippen MR) is 54.8 cm³/mol. The van der Waals surface area contributed by atoms with Gasteiger partial charge in [-0.15, -0.1) is 0 Å². The zero-order chi connectivity index (χ0) is 11.3. The van der Waals surface area contributed by atoms with Crippen LogP contribution in [-0.4, -0.2) is 35.8 Å². The molecule has 0 amide bonds. The zero-order valence-electron chi connectivity index (χ0n) is 9.32. The van der Waals surface area contributed by atoms with Crippen molar-refractivity contribution < 1.29 is 14.3 Å². The van der Waals surface area contributed by atoms with Gasteiger partial charge in [0, 0.05) is 19.3 Å². The molecule has 0 fully saturated rings. The van der Waals surface area contributed by atoms with E-state index in [4.69, 9.17) is 9.47 Å². The molecule has 0 aliphatic carbocycles. The minimum absolute atomic E-state index is 0.364. The van der Waals surface area contributed by atoms with Crippen LogP contribution in [0.15, 0.2) is 6.33 Å². The number of imidazole rings is 1. The summed E-state index contributed by atoms with van der Waals surface area (Å²) < 4.78 is 11.7. The number of aromatic nitrogens is 2. The van der Waals surface area contributed by atoms with Crippen LogP contribution in [0.4, 0.5) is 0 Å². The number of carbonyl (C=O) groups is 1. The molecule has 0 atom stereocenters. The van der Waals surface area contributed by atoms with Gasteiger partial charge in [-0.3, -0.25) is 0 Å². The fraction of sp³-hybridized carbons (Fsp3) is 0.600. The fourth-order valence-corrected chi connectivity index (χ4v) is 1.26. The molecule has 0 unspecified atom stereocenters. The summed E-state index contributed by atoms with van der Waals surface area (Å²) in [6.07, 6.45) is 1.63. The molecule has 5 heteroatoms. The van der Waals surface area contributed by atoms with Crippen molar-refractivity contribution in [1.29, 1.82) is 0 Å². The van der Waals surface area contributed by atoms with Crippen LogP contribution in [0.2, 0.25) is 0 Å². The van der Waals surface area contributed by atoms with Crippen molar-refractivity contribution in [1.82, 2.24) is 9.55 Å². The van der Waals surface area contributed by atoms with E-state index >= 15 is 0 Å². The number of hydrogen-bond donors (Lipinski definition) is 0. The van der Waals surface area contributed by atoms with Gasteiger partial charge in [0.05, 0.1) is 19.5 Å². The largest absolute Gasteiger partial charge is 0.461 e. The van der Waals surface area contributed by atoms with Crippen LogP contribution in [0.5, 0.6) is 0 Å². The number of hydrogen-bond acceptors (Lipinski definition) is 4. The van der Waals surface area contributed by atoms with Crippen molar-refractivity contribution in [3.8, 4) is 0 Å². The highest BCUT2D eigenvalue weighted by molar-refractivity contribution is 5.88. The lowest BCUT2D eigenvalue weighted by atomic mass is 10.3. The molecular formula is C10H16N2O3. The SMILES string of the molecule is CCOC(=O)c1ncn(CCOC)c1C. The van der Waals surface area contributed by atoms with Gasteiger partial charge in [-0.2, -0.15) is 0 Å². The van der Waals surface area contributed by atoms with Crippen molar-refractivity contribution >= 4 is 5.97 Å². The van der Waals surface area contributed by atoms with Crippen molar-refractivity contribution in [3.63, 3.8) is 0 Å². The maximum absolute atomic E-state index is 11.4. The number of methoxy groups -OCH3 is 1. The van der Waals surface area contributed by atoms with Gasteiger partial charge >= 0.3 is 5.97 Å². The average Bonchev–Trinajstić information content (AvgIpc) is 2.57. The highest BCUT2D eigenvalue weighted by atomic mass is 16.5. The van der Waals surface area contributed by atoms with E-state index < -0.39 is 0 Å². The van der Waals surface area contributed by atoms with Gasteiger partial charge in [-0.05, 0) is 13.8 Å². The summed E-state index contributed by atoms with van der Waals surface area (Å²) in [5.41, 5.74) is 1.19. The second-order valence-electron chi connectivity index (χ2n) is 3.09. The first kappa shape index (κ1) is 11.7. The number of carbonyl (C=O) groups excluding carboxylic acids is 1. The number of nitrogens with zero attached hydrogens (tertiary/aromatic N) is 2. The summed E-state index contributed by atoms with van der Waals surface area (Å²) in [6, 6.07) is 0. The van der Waals surface area contributed by atoms with Crippen LogP contribution < -0.4 is 0 Å². The van der Waals surface area contributed by atoms with E-state index in [0.29, 0.717) is 25.5 Å². The van der Waals surface area contributed by atoms with Gasteiger partial charge < -0.3 is 14.0 Å². The third kappa shape index (κ3) is 2.79. The van der Waals surface area contributed by atoms with Gasteiger partial charge in [0.2, 0.25) is 0 Å². The summed E-state index contributed by atoms with van der Waals surface area (Å²) in [5, 5.41) is 0. The van der Waals surface area contributed by atoms with Crippen LogP contribution >= 0.6 is 0 Å². The number of esters is 1. The highest BCUT2D eigenvalue weighted by Gasteiger charge is 2.15. The van der Waals surface area contributed by atoms with Crippen molar-refractivity contribution in [2.75, 3.05) is 20.3 Å². The molecule has 0 radical (unpaired) electrons. The van der Waals surface area contributed by atoms with Gasteiger partial charge in [0.15, 0.2) is 5.69 Å². The molecule has 0 aliphatic rings. The van der Waals surface area contributed by atoms with Gasteiger partial charge in [0.25, 0.3) is 0 Å². The predicted octanol–water partition coefficient (Wildman–Crippen LogP) is 1.01. The van der Waals surface area contributed by atoms with Gasteiger partial charge in [-0.1, -0.05) is 0 Å². The Morgan fingerprint density at radius 1 is 1.60 bits per heavy atom. The van der Waals surface area contributed by atoms with Crippen LogP contribution in [0, 0.1) is 6.92 Å². The van der Waals surface area contributed by atoms with Gasteiger partial charge in [-0.25, -0.2) is 9.78 Å². The first-order chi connectivity index (χ1) is 7.20. The maximum atomic E-state index is 11.4. The monoisotopic (exact) mass is 212 g/mol. The summed E-state index contributed by atoms with van der Waals surface area (Å²) in [6.45, 7) is 5.27. The quantitative estimate of drug-likeness (QED) is 0.684. The van der Waals surface area contributed by atoms with Crippen LogP contribution in [0.3, 0.4) is 0 Å². The van der Waals surface area contributed by atoms with Gasteiger partial charge in [0.1, 0.15) is 0 Å². The van der Waals surface area contributed by atoms with Crippen molar-refractivity contribution in [2.24, 2.45) is 0 Å². The van der Waals surface area contributed by atoms with E-state index in [1.807, 2.05) is 11.5 Å². The summed E-state index contributed by atoms with van der Waals surface area (Å²) in [5.74, 6) is -0.369. The lowest BCUT2D eigenvalue weighted by molar-refractivity contribution is 0.0519. The molecule has 1 aromatic rings. The highest BCUT2D eigenvalue weighted by Crippen LogP contribution is 2.07. The van der Waals surface area contributed by atoms with E-state index in [9.17, 15) is 4.79 Å². The Balaban J connectivity index is 2.74. The average molecular weight is 212 g/mol. The van der Waals surface area contributed by atoms with E-state index in [2.05, 4.69) is 4.98 Å². The third-order valence-corrected chi connectivity index (χ3v) is 2.10. The number of rotatable bonds is 5. The smallest absolute Gasteiger partial charge is 0.358 e. The second-order valence-corrected chi connectivity index (χ2v) is 3.09. The van der Waals surface area contributed by atoms with Crippen molar-refractivity contribution in [2.45, 2.75) is 20.4 Å². The Morgan fingerprint density at radius 3 is 2.93 bits per heavy atom. The molecule has 1 rings (SSSR count). The lowest BCUT2D eigenvalue weighted by Gasteiger charge is -2.04. The van der Waals surface area contributed by atoms with E-state index in [1.165, 1.54) is 0 Å². The lowest BCUT2D eigenvalue weighted by Crippen LogP contribution is -2.09.